The van der Waals surface area contributed by atoms with Gasteiger partial charge in [0.1, 0.15) is 30.5 Å². The first kappa shape index (κ1) is 17.4. The lowest BCUT2D eigenvalue weighted by Crippen LogP contribution is -2.09. The fourth-order valence-corrected chi connectivity index (χ4v) is 2.08. The fourth-order valence-electron chi connectivity index (χ4n) is 2.08. The lowest BCUT2D eigenvalue weighted by molar-refractivity contribution is -0.131. The molecular formula is C19H20O5. The van der Waals surface area contributed by atoms with Crippen LogP contribution in [0.3, 0.4) is 0 Å². The second-order valence-electron chi connectivity index (χ2n) is 5.09. The molecule has 0 atom stereocenters. The van der Waals surface area contributed by atoms with Crippen molar-refractivity contribution in [3.8, 4) is 17.2 Å². The van der Waals surface area contributed by atoms with Gasteiger partial charge in [0.25, 0.3) is 0 Å². The van der Waals surface area contributed by atoms with Gasteiger partial charge in [0.15, 0.2) is 0 Å². The number of hydrogen-bond acceptors (Lipinski definition) is 4. The van der Waals surface area contributed by atoms with E-state index in [1.807, 2.05) is 31.2 Å². The molecule has 2 rings (SSSR count). The zero-order valence-corrected chi connectivity index (χ0v) is 13.7. The summed E-state index contributed by atoms with van der Waals surface area (Å²) in [4.78, 5) is 10.7. The van der Waals surface area contributed by atoms with E-state index < -0.39 is 5.97 Å². The van der Waals surface area contributed by atoms with E-state index >= 15 is 0 Å². The second kappa shape index (κ2) is 8.62. The normalized spacial score (nSPS) is 10.6. The zero-order valence-electron chi connectivity index (χ0n) is 13.7. The molecule has 0 amide bonds. The van der Waals surface area contributed by atoms with E-state index in [1.54, 1.807) is 25.3 Å². The van der Waals surface area contributed by atoms with Crippen molar-refractivity contribution in [1.29, 1.82) is 0 Å². The van der Waals surface area contributed by atoms with Gasteiger partial charge < -0.3 is 19.3 Å². The molecule has 0 saturated heterocycles. The Morgan fingerprint density at radius 2 is 1.88 bits per heavy atom. The van der Waals surface area contributed by atoms with Crippen molar-refractivity contribution in [2.45, 2.75) is 6.92 Å². The van der Waals surface area contributed by atoms with Crippen molar-refractivity contribution < 1.29 is 24.1 Å². The fraction of sp³-hybridized carbons (Fsp3) is 0.211. The molecule has 0 saturated carbocycles. The Morgan fingerprint density at radius 1 is 1.08 bits per heavy atom. The summed E-state index contributed by atoms with van der Waals surface area (Å²) in [6.07, 6.45) is 2.55. The van der Waals surface area contributed by atoms with E-state index in [-0.39, 0.29) is 0 Å². The number of benzene rings is 2. The molecule has 0 unspecified atom stereocenters. The monoisotopic (exact) mass is 328 g/mol. The van der Waals surface area contributed by atoms with Gasteiger partial charge in [0.2, 0.25) is 0 Å². The molecule has 24 heavy (non-hydrogen) atoms. The van der Waals surface area contributed by atoms with Crippen molar-refractivity contribution in [1.82, 2.24) is 0 Å². The van der Waals surface area contributed by atoms with Crippen LogP contribution in [0.15, 0.2) is 48.5 Å². The molecule has 0 fully saturated rings. The first-order valence-electron chi connectivity index (χ1n) is 7.50. The highest BCUT2D eigenvalue weighted by molar-refractivity contribution is 5.86. The van der Waals surface area contributed by atoms with Crippen molar-refractivity contribution in [3.63, 3.8) is 0 Å². The van der Waals surface area contributed by atoms with Crippen molar-refractivity contribution >= 4 is 12.0 Å². The second-order valence-corrected chi connectivity index (χ2v) is 5.09. The molecule has 1 N–H and O–H groups in total. The van der Waals surface area contributed by atoms with E-state index in [9.17, 15) is 4.79 Å². The SMILES string of the molecule is COc1ccc(C=CC(=O)O)c(OCCOc2cccc(C)c2)c1. The summed E-state index contributed by atoms with van der Waals surface area (Å²) in [5, 5.41) is 8.76. The third-order valence-electron chi connectivity index (χ3n) is 3.23. The van der Waals surface area contributed by atoms with E-state index in [4.69, 9.17) is 19.3 Å². The highest BCUT2D eigenvalue weighted by atomic mass is 16.5. The number of hydrogen-bond donors (Lipinski definition) is 1. The van der Waals surface area contributed by atoms with E-state index in [0.29, 0.717) is 30.3 Å². The zero-order chi connectivity index (χ0) is 17.4. The molecule has 5 heteroatoms. The molecule has 0 aliphatic heterocycles. The smallest absolute Gasteiger partial charge is 0.328 e. The maximum Gasteiger partial charge on any atom is 0.328 e. The number of aliphatic carboxylic acids is 1. The molecule has 0 spiro atoms. The van der Waals surface area contributed by atoms with Crippen LogP contribution in [0.2, 0.25) is 0 Å². The summed E-state index contributed by atoms with van der Waals surface area (Å²) in [6.45, 7) is 2.71. The number of ether oxygens (including phenoxy) is 3. The number of aryl methyl sites for hydroxylation is 1. The molecule has 2 aromatic carbocycles. The van der Waals surface area contributed by atoms with E-state index in [1.165, 1.54) is 6.08 Å². The Morgan fingerprint density at radius 3 is 2.58 bits per heavy atom. The number of carboxylic acid groups (broad SMARTS) is 1. The number of rotatable bonds is 8. The minimum Gasteiger partial charge on any atom is -0.497 e. The molecule has 0 heterocycles. The highest BCUT2D eigenvalue weighted by Crippen LogP contribution is 2.26. The Labute approximate surface area is 141 Å². The van der Waals surface area contributed by atoms with Crippen LogP contribution in [-0.4, -0.2) is 31.4 Å². The van der Waals surface area contributed by atoms with Crippen LogP contribution >= 0.6 is 0 Å². The standard InChI is InChI=1S/C19H20O5/c1-14-4-3-5-17(12-14)23-10-11-24-18-13-16(22-2)8-6-15(18)7-9-19(20)21/h3-9,12-13H,10-11H2,1-2H3,(H,20,21). The van der Waals surface area contributed by atoms with Gasteiger partial charge >= 0.3 is 5.97 Å². The Balaban J connectivity index is 1.98. The van der Waals surface area contributed by atoms with Gasteiger partial charge in [-0.25, -0.2) is 4.79 Å². The average Bonchev–Trinajstić information content (AvgIpc) is 2.57. The topological polar surface area (TPSA) is 65.0 Å². The van der Waals surface area contributed by atoms with Gasteiger partial charge in [0, 0.05) is 17.7 Å². The van der Waals surface area contributed by atoms with Crippen LogP contribution in [-0.2, 0) is 4.79 Å². The summed E-state index contributed by atoms with van der Waals surface area (Å²) < 4.78 is 16.5. The minimum absolute atomic E-state index is 0.328. The summed E-state index contributed by atoms with van der Waals surface area (Å²) in [7, 11) is 1.56. The van der Waals surface area contributed by atoms with Crippen LogP contribution in [0.25, 0.3) is 6.08 Å². The number of carboxylic acids is 1. The van der Waals surface area contributed by atoms with Crippen LogP contribution in [0.5, 0.6) is 17.2 Å². The number of carbonyl (C=O) groups is 1. The maximum absolute atomic E-state index is 10.7. The van der Waals surface area contributed by atoms with Gasteiger partial charge in [-0.15, -0.1) is 0 Å². The molecule has 126 valence electrons. The Hall–Kier alpha value is -2.95. The van der Waals surface area contributed by atoms with E-state index in [0.717, 1.165) is 17.4 Å². The summed E-state index contributed by atoms with van der Waals surface area (Å²) in [5.41, 5.74) is 1.79. The molecule has 0 aromatic heterocycles. The van der Waals surface area contributed by atoms with Gasteiger partial charge in [-0.3, -0.25) is 0 Å². The maximum atomic E-state index is 10.7. The van der Waals surface area contributed by atoms with Crippen LogP contribution in [0.1, 0.15) is 11.1 Å². The van der Waals surface area contributed by atoms with Gasteiger partial charge in [0.05, 0.1) is 7.11 Å². The van der Waals surface area contributed by atoms with Crippen LogP contribution in [0, 0.1) is 6.92 Å². The molecule has 5 nitrogen and oxygen atoms in total. The van der Waals surface area contributed by atoms with Crippen molar-refractivity contribution in [2.24, 2.45) is 0 Å². The van der Waals surface area contributed by atoms with Crippen molar-refractivity contribution in [2.75, 3.05) is 20.3 Å². The van der Waals surface area contributed by atoms with Crippen molar-refractivity contribution in [3.05, 3.63) is 59.7 Å². The minimum atomic E-state index is -1.01. The largest absolute Gasteiger partial charge is 0.497 e. The average molecular weight is 328 g/mol. The third kappa shape index (κ3) is 5.35. The quantitative estimate of drug-likeness (QED) is 0.593. The molecule has 0 bridgehead atoms. The molecule has 2 aromatic rings. The van der Waals surface area contributed by atoms with Gasteiger partial charge in [-0.1, -0.05) is 12.1 Å². The number of methoxy groups -OCH3 is 1. The van der Waals surface area contributed by atoms with Crippen LogP contribution in [0.4, 0.5) is 0 Å². The predicted molar refractivity (Wildman–Crippen MR) is 91.8 cm³/mol. The molecule has 0 radical (unpaired) electrons. The van der Waals surface area contributed by atoms with Crippen LogP contribution < -0.4 is 14.2 Å². The Kier molecular flexibility index (Phi) is 6.25. The lowest BCUT2D eigenvalue weighted by Gasteiger charge is -2.12. The summed E-state index contributed by atoms with van der Waals surface area (Å²) >= 11 is 0. The van der Waals surface area contributed by atoms with Gasteiger partial charge in [-0.05, 0) is 42.8 Å². The van der Waals surface area contributed by atoms with E-state index in [2.05, 4.69) is 0 Å². The summed E-state index contributed by atoms with van der Waals surface area (Å²) in [6, 6.07) is 13.0. The Bertz CT molecular complexity index is 721. The lowest BCUT2D eigenvalue weighted by atomic mass is 10.1. The third-order valence-corrected chi connectivity index (χ3v) is 3.23. The van der Waals surface area contributed by atoms with Gasteiger partial charge in [-0.2, -0.15) is 0 Å². The predicted octanol–water partition coefficient (Wildman–Crippen LogP) is 3.56. The molecule has 0 aliphatic carbocycles. The molecular weight excluding hydrogens is 308 g/mol. The molecule has 0 aliphatic rings. The summed E-state index contributed by atoms with van der Waals surface area (Å²) in [5.74, 6) is 0.951. The first-order chi connectivity index (χ1) is 11.6. The first-order valence-corrected chi connectivity index (χ1v) is 7.50. The highest BCUT2D eigenvalue weighted by Gasteiger charge is 2.05.